The van der Waals surface area contributed by atoms with E-state index >= 15 is 0 Å². The lowest BCUT2D eigenvalue weighted by molar-refractivity contribution is -0.115. The van der Waals surface area contributed by atoms with Crippen LogP contribution in [0.3, 0.4) is 0 Å². The number of ketones is 1. The number of Topliss-reactive ketones (excluding diaryl/α,β-unsaturated/α-hetero) is 1. The first kappa shape index (κ1) is 27.4. The molecule has 0 radical (unpaired) electrons. The van der Waals surface area contributed by atoms with Crippen LogP contribution in [0.5, 0.6) is 0 Å². The summed E-state index contributed by atoms with van der Waals surface area (Å²) in [5.74, 6) is 3.32. The summed E-state index contributed by atoms with van der Waals surface area (Å²) in [7, 11) is 0. The molecule has 5 rings (SSSR count). The van der Waals surface area contributed by atoms with Crippen LogP contribution in [0.4, 0.5) is 0 Å². The molecule has 4 aliphatic carbocycles. The van der Waals surface area contributed by atoms with Crippen molar-refractivity contribution in [2.24, 2.45) is 46.3 Å². The highest BCUT2D eigenvalue weighted by molar-refractivity contribution is 6.00. The first-order valence-electron chi connectivity index (χ1n) is 15.3. The topological polar surface area (TPSA) is 43.4 Å². The van der Waals surface area contributed by atoms with E-state index in [2.05, 4.69) is 53.7 Å². The van der Waals surface area contributed by atoms with Crippen molar-refractivity contribution in [1.29, 1.82) is 0 Å². The molecule has 0 N–H and O–H groups in total. The van der Waals surface area contributed by atoms with Crippen molar-refractivity contribution in [3.8, 4) is 0 Å². The summed E-state index contributed by atoms with van der Waals surface area (Å²) < 4.78 is 5.99. The molecule has 3 fully saturated rings. The summed E-state index contributed by atoms with van der Waals surface area (Å²) in [6.45, 7) is 14.1. The van der Waals surface area contributed by atoms with Crippen LogP contribution in [-0.4, -0.2) is 17.9 Å². The SMILES string of the molecule is CC(C)[C@@H](C)C=C[C@@H](C)[C@H]1CC(=O)C2=C3CC[C@H]4C[C@@H](OC(=O)c5ccccc5)CC[C@]4(C)[C@H]3CC[C@@]21C. The normalized spacial score (nSPS) is 36.6. The van der Waals surface area contributed by atoms with Crippen molar-refractivity contribution >= 4 is 11.8 Å². The smallest absolute Gasteiger partial charge is 0.338 e. The molecule has 0 spiro atoms. The van der Waals surface area contributed by atoms with Crippen LogP contribution in [0, 0.1) is 46.3 Å². The van der Waals surface area contributed by atoms with Crippen LogP contribution in [0.1, 0.15) is 103 Å². The Morgan fingerprint density at radius 2 is 1.74 bits per heavy atom. The molecule has 0 unspecified atom stereocenters. The minimum atomic E-state index is -0.195. The fourth-order valence-electron chi connectivity index (χ4n) is 8.70. The van der Waals surface area contributed by atoms with Crippen LogP contribution in [0.15, 0.2) is 53.6 Å². The standard InChI is InChI=1S/C35H48O3/c1-22(2)23(3)12-13-24(4)30-21-31(36)32-28-15-14-26-20-27(38-33(37)25-10-8-7-9-11-25)16-18-34(26,5)29(28)17-19-35(30,32)6/h7-13,22-24,26-27,29-30H,14-21H2,1-6H3/t23-,24+,26-,27-,29-,30+,34-,35+/m0/s1. The maximum atomic E-state index is 13.7. The highest BCUT2D eigenvalue weighted by Crippen LogP contribution is 2.65. The predicted octanol–water partition coefficient (Wildman–Crippen LogP) is 8.60. The van der Waals surface area contributed by atoms with Crippen molar-refractivity contribution < 1.29 is 14.3 Å². The molecule has 38 heavy (non-hydrogen) atoms. The second kappa shape index (κ2) is 10.4. The minimum absolute atomic E-state index is 0.00204. The highest BCUT2D eigenvalue weighted by Gasteiger charge is 2.58. The number of ether oxygens (including phenoxy) is 1. The molecule has 4 aliphatic rings. The molecule has 206 valence electrons. The van der Waals surface area contributed by atoms with E-state index in [0.717, 1.165) is 38.5 Å². The monoisotopic (exact) mass is 516 g/mol. The van der Waals surface area contributed by atoms with E-state index in [1.54, 1.807) is 0 Å². The van der Waals surface area contributed by atoms with Crippen molar-refractivity contribution in [2.45, 2.75) is 99.0 Å². The third-order valence-corrected chi connectivity index (χ3v) is 11.5. The van der Waals surface area contributed by atoms with Gasteiger partial charge in [-0.25, -0.2) is 4.79 Å². The summed E-state index contributed by atoms with van der Waals surface area (Å²) >= 11 is 0. The molecular weight excluding hydrogens is 468 g/mol. The number of carbonyl (C=O) groups excluding carboxylic acids is 2. The Kier molecular flexibility index (Phi) is 7.52. The molecule has 0 saturated heterocycles. The van der Waals surface area contributed by atoms with Crippen LogP contribution in [0.2, 0.25) is 0 Å². The van der Waals surface area contributed by atoms with E-state index in [1.165, 1.54) is 17.6 Å². The van der Waals surface area contributed by atoms with Gasteiger partial charge in [0.15, 0.2) is 5.78 Å². The highest BCUT2D eigenvalue weighted by atomic mass is 16.5. The lowest BCUT2D eigenvalue weighted by atomic mass is 9.49. The number of carbonyl (C=O) groups is 2. The Morgan fingerprint density at radius 1 is 1.00 bits per heavy atom. The van der Waals surface area contributed by atoms with E-state index in [1.807, 2.05) is 30.3 Å². The summed E-state index contributed by atoms with van der Waals surface area (Å²) in [5, 5.41) is 0. The van der Waals surface area contributed by atoms with Crippen molar-refractivity contribution in [3.05, 3.63) is 59.2 Å². The second-order valence-electron chi connectivity index (χ2n) is 13.9. The Hall–Kier alpha value is -2.16. The molecule has 1 aromatic carbocycles. The number of rotatable bonds is 6. The van der Waals surface area contributed by atoms with Gasteiger partial charge < -0.3 is 4.74 Å². The zero-order valence-electron chi connectivity index (χ0n) is 24.5. The molecule has 0 heterocycles. The zero-order valence-corrected chi connectivity index (χ0v) is 24.5. The van der Waals surface area contributed by atoms with Crippen molar-refractivity contribution in [1.82, 2.24) is 0 Å². The van der Waals surface area contributed by atoms with Crippen molar-refractivity contribution in [2.75, 3.05) is 0 Å². The molecule has 3 nitrogen and oxygen atoms in total. The van der Waals surface area contributed by atoms with Gasteiger partial charge in [0, 0.05) is 12.0 Å². The number of fused-ring (bicyclic) bond motifs is 4. The first-order valence-corrected chi connectivity index (χ1v) is 15.3. The molecule has 0 bridgehead atoms. The predicted molar refractivity (Wildman–Crippen MR) is 154 cm³/mol. The number of allylic oxidation sites excluding steroid dienone is 4. The van der Waals surface area contributed by atoms with Crippen LogP contribution in [-0.2, 0) is 9.53 Å². The summed E-state index contributed by atoms with van der Waals surface area (Å²) in [6, 6.07) is 9.37. The van der Waals surface area contributed by atoms with Gasteiger partial charge >= 0.3 is 5.97 Å². The van der Waals surface area contributed by atoms with Crippen molar-refractivity contribution in [3.63, 3.8) is 0 Å². The summed E-state index contributed by atoms with van der Waals surface area (Å²) in [6.07, 6.45) is 12.9. The van der Waals surface area contributed by atoms with Crippen LogP contribution < -0.4 is 0 Å². The lowest BCUT2D eigenvalue weighted by Crippen LogP contribution is -2.49. The van der Waals surface area contributed by atoms with E-state index < -0.39 is 0 Å². The number of esters is 1. The maximum Gasteiger partial charge on any atom is 0.338 e. The maximum absolute atomic E-state index is 13.7. The van der Waals surface area contributed by atoms with Gasteiger partial charge in [-0.05, 0) is 103 Å². The van der Waals surface area contributed by atoms with Gasteiger partial charge in [0.05, 0.1) is 5.56 Å². The molecular formula is C35H48O3. The van der Waals surface area contributed by atoms with Crippen LogP contribution in [0.25, 0.3) is 0 Å². The van der Waals surface area contributed by atoms with Gasteiger partial charge in [0.1, 0.15) is 6.10 Å². The fraction of sp³-hybridized carbons (Fsp3) is 0.657. The van der Waals surface area contributed by atoms with E-state index in [0.29, 0.717) is 53.3 Å². The number of hydrogen-bond donors (Lipinski definition) is 0. The third kappa shape index (κ3) is 4.73. The second-order valence-corrected chi connectivity index (χ2v) is 13.9. The molecule has 3 heteroatoms. The Balaban J connectivity index is 1.33. The van der Waals surface area contributed by atoms with E-state index in [9.17, 15) is 9.59 Å². The molecule has 0 amide bonds. The quantitative estimate of drug-likeness (QED) is 0.281. The van der Waals surface area contributed by atoms with Gasteiger partial charge in [-0.15, -0.1) is 0 Å². The lowest BCUT2D eigenvalue weighted by Gasteiger charge is -2.56. The Labute approximate surface area is 230 Å². The molecule has 8 atom stereocenters. The minimum Gasteiger partial charge on any atom is -0.459 e. The Bertz CT molecular complexity index is 1110. The van der Waals surface area contributed by atoms with Gasteiger partial charge in [0.25, 0.3) is 0 Å². The largest absolute Gasteiger partial charge is 0.459 e. The van der Waals surface area contributed by atoms with Gasteiger partial charge in [-0.2, -0.15) is 0 Å². The summed E-state index contributed by atoms with van der Waals surface area (Å²) in [5.41, 5.74) is 3.60. The first-order chi connectivity index (χ1) is 18.0. The molecule has 3 saturated carbocycles. The summed E-state index contributed by atoms with van der Waals surface area (Å²) in [4.78, 5) is 26.4. The van der Waals surface area contributed by atoms with Gasteiger partial charge in [-0.3, -0.25) is 4.79 Å². The Morgan fingerprint density at radius 3 is 2.45 bits per heavy atom. The average molecular weight is 517 g/mol. The van der Waals surface area contributed by atoms with Gasteiger partial charge in [0.2, 0.25) is 0 Å². The van der Waals surface area contributed by atoms with Gasteiger partial charge in [-0.1, -0.05) is 77.5 Å². The number of benzene rings is 1. The van der Waals surface area contributed by atoms with Crippen LogP contribution >= 0.6 is 0 Å². The molecule has 0 aromatic heterocycles. The van der Waals surface area contributed by atoms with E-state index in [-0.39, 0.29) is 22.9 Å². The zero-order chi connectivity index (χ0) is 27.2. The fourth-order valence-corrected chi connectivity index (χ4v) is 8.70. The molecule has 0 aliphatic heterocycles. The third-order valence-electron chi connectivity index (χ3n) is 11.5. The number of hydrogen-bond acceptors (Lipinski definition) is 3. The van der Waals surface area contributed by atoms with E-state index in [4.69, 9.17) is 4.74 Å². The molecule has 1 aromatic rings. The average Bonchev–Trinajstić information content (AvgIpc) is 3.18.